The van der Waals surface area contributed by atoms with Gasteiger partial charge in [0.1, 0.15) is 5.75 Å². The van der Waals surface area contributed by atoms with Gasteiger partial charge in [-0.1, -0.05) is 82.5 Å². The van der Waals surface area contributed by atoms with Crippen LogP contribution in [-0.2, 0) is 9.59 Å². The van der Waals surface area contributed by atoms with E-state index < -0.39 is 0 Å². The van der Waals surface area contributed by atoms with E-state index in [-0.39, 0.29) is 18.4 Å². The van der Waals surface area contributed by atoms with E-state index in [1.165, 1.54) is 22.7 Å². The maximum absolute atomic E-state index is 13.0. The van der Waals surface area contributed by atoms with Crippen LogP contribution < -0.4 is 15.0 Å². The zero-order chi connectivity index (χ0) is 25.1. The predicted octanol–water partition coefficient (Wildman–Crippen LogP) is 7.72. The Kier molecular flexibility index (Phi) is 8.27. The summed E-state index contributed by atoms with van der Waals surface area (Å²) in [6.07, 6.45) is 1.71. The van der Waals surface area contributed by atoms with Gasteiger partial charge in [-0.15, -0.1) is 0 Å². The summed E-state index contributed by atoms with van der Waals surface area (Å²) in [5.41, 5.74) is 1.68. The van der Waals surface area contributed by atoms with Crippen LogP contribution in [0.2, 0.25) is 20.1 Å². The van der Waals surface area contributed by atoms with Gasteiger partial charge in [0.05, 0.1) is 31.3 Å². The molecular formula is C24H14Cl4N2O3S2. The van der Waals surface area contributed by atoms with Crippen molar-refractivity contribution in [1.29, 1.82) is 0 Å². The van der Waals surface area contributed by atoms with E-state index in [1.807, 2.05) is 6.07 Å². The van der Waals surface area contributed by atoms with Crippen molar-refractivity contribution < 1.29 is 14.3 Å². The Bertz CT molecular complexity index is 1380. The van der Waals surface area contributed by atoms with Crippen molar-refractivity contribution in [2.45, 2.75) is 0 Å². The normalized spacial score (nSPS) is 14.5. The first kappa shape index (κ1) is 25.8. The number of halogens is 4. The molecule has 0 atom stereocenters. The summed E-state index contributed by atoms with van der Waals surface area (Å²) in [5.74, 6) is -0.206. The highest BCUT2D eigenvalue weighted by atomic mass is 35.5. The average molecular weight is 584 g/mol. The number of hydrogen-bond donors (Lipinski definition) is 1. The molecule has 3 aromatic rings. The Morgan fingerprint density at radius 2 is 1.80 bits per heavy atom. The second-order valence-corrected chi connectivity index (χ2v) is 10.5. The van der Waals surface area contributed by atoms with Gasteiger partial charge in [0, 0.05) is 5.02 Å². The van der Waals surface area contributed by atoms with Crippen molar-refractivity contribution >= 4 is 104 Å². The van der Waals surface area contributed by atoms with Crippen LogP contribution in [0.4, 0.5) is 11.4 Å². The molecule has 0 saturated carbocycles. The lowest BCUT2D eigenvalue weighted by atomic mass is 10.2. The lowest BCUT2D eigenvalue weighted by Crippen LogP contribution is -2.27. The van der Waals surface area contributed by atoms with Gasteiger partial charge in [0.15, 0.2) is 10.9 Å². The molecule has 0 aromatic heterocycles. The molecule has 2 amide bonds. The molecule has 5 nitrogen and oxygen atoms in total. The van der Waals surface area contributed by atoms with Gasteiger partial charge in [0.25, 0.3) is 11.8 Å². The average Bonchev–Trinajstić information content (AvgIpc) is 3.09. The van der Waals surface area contributed by atoms with E-state index in [1.54, 1.807) is 54.6 Å². The van der Waals surface area contributed by atoms with Gasteiger partial charge in [-0.05, 0) is 60.2 Å². The molecule has 3 aromatic carbocycles. The van der Waals surface area contributed by atoms with E-state index in [0.29, 0.717) is 52.0 Å². The van der Waals surface area contributed by atoms with Gasteiger partial charge in [-0.2, -0.15) is 0 Å². The summed E-state index contributed by atoms with van der Waals surface area (Å²) in [6, 6.07) is 16.6. The minimum Gasteiger partial charge on any atom is -0.484 e. The number of rotatable bonds is 6. The molecule has 11 heteroatoms. The van der Waals surface area contributed by atoms with Crippen LogP contribution in [0.25, 0.3) is 6.08 Å². The third kappa shape index (κ3) is 6.30. The number of nitrogens with zero attached hydrogens (tertiary/aromatic N) is 1. The van der Waals surface area contributed by atoms with E-state index in [4.69, 9.17) is 63.4 Å². The maximum Gasteiger partial charge on any atom is 0.270 e. The number of carbonyl (C=O) groups excluding carboxylic acids is 2. The Morgan fingerprint density at radius 1 is 1.00 bits per heavy atom. The number of benzene rings is 3. The molecule has 1 fully saturated rings. The van der Waals surface area contributed by atoms with Gasteiger partial charge in [0.2, 0.25) is 0 Å². The standard InChI is InChI=1S/C24H14Cl4N2O3S2/c25-14-4-7-20(19(28)10-14)29-22(31)12-33-16-3-1-2-13(8-16)9-21-23(32)30(24(34)35-21)15-5-6-17(26)18(27)11-15/h1-11H,12H2,(H,29,31)/b21-9-. The second kappa shape index (κ2) is 11.2. The van der Waals surface area contributed by atoms with Crippen molar-refractivity contribution in [3.8, 4) is 5.75 Å². The molecule has 1 heterocycles. The van der Waals surface area contributed by atoms with Gasteiger partial charge < -0.3 is 10.1 Å². The number of nitrogens with one attached hydrogen (secondary N) is 1. The van der Waals surface area contributed by atoms with Gasteiger partial charge in [-0.25, -0.2) is 0 Å². The molecule has 0 bridgehead atoms. The zero-order valence-electron chi connectivity index (χ0n) is 17.6. The smallest absolute Gasteiger partial charge is 0.270 e. The van der Waals surface area contributed by atoms with Crippen LogP contribution in [0, 0.1) is 0 Å². The molecule has 1 aliphatic heterocycles. The maximum atomic E-state index is 13.0. The number of anilines is 2. The third-order valence-electron chi connectivity index (χ3n) is 4.69. The van der Waals surface area contributed by atoms with E-state index >= 15 is 0 Å². The quantitative estimate of drug-likeness (QED) is 0.238. The first-order valence-corrected chi connectivity index (χ1v) is 12.7. The molecule has 0 radical (unpaired) electrons. The number of thioether (sulfide) groups is 1. The Morgan fingerprint density at radius 3 is 2.54 bits per heavy atom. The van der Waals surface area contributed by atoms with Crippen molar-refractivity contribution in [3.63, 3.8) is 0 Å². The first-order chi connectivity index (χ1) is 16.7. The van der Waals surface area contributed by atoms with E-state index in [2.05, 4.69) is 5.32 Å². The molecule has 0 spiro atoms. The van der Waals surface area contributed by atoms with E-state index in [0.717, 1.165) is 0 Å². The summed E-state index contributed by atoms with van der Waals surface area (Å²) in [5, 5.41) is 4.18. The summed E-state index contributed by atoms with van der Waals surface area (Å²) in [4.78, 5) is 27.1. The molecule has 178 valence electrons. The van der Waals surface area contributed by atoms with Crippen LogP contribution in [0.1, 0.15) is 5.56 Å². The SMILES string of the molecule is O=C(COc1cccc(/C=C2\SC(=S)N(c3ccc(Cl)c(Cl)c3)C2=O)c1)Nc1ccc(Cl)cc1Cl. The summed E-state index contributed by atoms with van der Waals surface area (Å²) in [7, 11) is 0. The fourth-order valence-corrected chi connectivity index (χ4v) is 5.13. The van der Waals surface area contributed by atoms with Crippen LogP contribution in [0.5, 0.6) is 5.75 Å². The lowest BCUT2D eigenvalue weighted by molar-refractivity contribution is -0.118. The fraction of sp³-hybridized carbons (Fsp3) is 0.0417. The summed E-state index contributed by atoms with van der Waals surface area (Å²) in [6.45, 7) is -0.234. The minimum atomic E-state index is -0.387. The number of carbonyl (C=O) groups is 2. The largest absolute Gasteiger partial charge is 0.484 e. The van der Waals surface area contributed by atoms with Crippen molar-refractivity contribution in [1.82, 2.24) is 0 Å². The van der Waals surface area contributed by atoms with Crippen molar-refractivity contribution in [2.75, 3.05) is 16.8 Å². The van der Waals surface area contributed by atoms with Crippen molar-refractivity contribution in [3.05, 3.63) is 91.2 Å². The number of thiocarbonyl (C=S) groups is 1. The number of hydrogen-bond acceptors (Lipinski definition) is 5. The topological polar surface area (TPSA) is 58.6 Å². The van der Waals surface area contributed by atoms with Crippen LogP contribution in [0.3, 0.4) is 0 Å². The van der Waals surface area contributed by atoms with Crippen LogP contribution >= 0.6 is 70.4 Å². The lowest BCUT2D eigenvalue weighted by Gasteiger charge is -2.15. The highest BCUT2D eigenvalue weighted by Gasteiger charge is 2.33. The molecule has 1 N–H and O–H groups in total. The molecule has 0 unspecified atom stereocenters. The summed E-state index contributed by atoms with van der Waals surface area (Å²) < 4.78 is 5.99. The predicted molar refractivity (Wildman–Crippen MR) is 149 cm³/mol. The van der Waals surface area contributed by atoms with E-state index in [9.17, 15) is 9.59 Å². The monoisotopic (exact) mass is 582 g/mol. The number of amides is 2. The Labute approximate surface area is 230 Å². The van der Waals surface area contributed by atoms with Crippen LogP contribution in [0.15, 0.2) is 65.6 Å². The van der Waals surface area contributed by atoms with Crippen LogP contribution in [-0.4, -0.2) is 22.7 Å². The molecule has 1 aliphatic rings. The molecule has 0 aliphatic carbocycles. The molecular weight excluding hydrogens is 570 g/mol. The van der Waals surface area contributed by atoms with Gasteiger partial charge >= 0.3 is 0 Å². The highest BCUT2D eigenvalue weighted by Crippen LogP contribution is 2.38. The Balaban J connectivity index is 1.43. The zero-order valence-corrected chi connectivity index (χ0v) is 22.2. The summed E-state index contributed by atoms with van der Waals surface area (Å²) >= 11 is 30.6. The van der Waals surface area contributed by atoms with Crippen molar-refractivity contribution in [2.24, 2.45) is 0 Å². The number of ether oxygens (including phenoxy) is 1. The molecule has 1 saturated heterocycles. The Hall–Kier alpha value is -2.26. The van der Waals surface area contributed by atoms with Gasteiger partial charge in [-0.3, -0.25) is 14.5 Å². The first-order valence-electron chi connectivity index (χ1n) is 9.92. The second-order valence-electron chi connectivity index (χ2n) is 7.15. The highest BCUT2D eigenvalue weighted by molar-refractivity contribution is 8.27. The minimum absolute atomic E-state index is 0.234. The molecule has 35 heavy (non-hydrogen) atoms. The fourth-order valence-electron chi connectivity index (χ4n) is 3.09. The molecule has 4 rings (SSSR count). The third-order valence-corrected chi connectivity index (χ3v) is 7.28.